The summed E-state index contributed by atoms with van der Waals surface area (Å²) in [6.45, 7) is 13.8. The zero-order chi connectivity index (χ0) is 12.1. The number of carbonyl (C=O) groups excluding carboxylic acids is 1. The van der Waals surface area contributed by atoms with Gasteiger partial charge in [-0.1, -0.05) is 13.0 Å². The number of hydrogen-bond donors (Lipinski definition) is 0. The summed E-state index contributed by atoms with van der Waals surface area (Å²) >= 11 is 0. The van der Waals surface area contributed by atoms with Crippen molar-refractivity contribution in [2.75, 3.05) is 6.54 Å². The zero-order valence-electron chi connectivity index (χ0n) is 10.5. The molecular weight excluding hydrogens is 190 g/mol. The van der Waals surface area contributed by atoms with Gasteiger partial charge in [-0.15, -0.1) is 6.58 Å². The maximum atomic E-state index is 11.8. The van der Waals surface area contributed by atoms with Gasteiger partial charge in [0.2, 0.25) is 0 Å². The first kappa shape index (κ1) is 14.0. The van der Waals surface area contributed by atoms with E-state index in [1.807, 2.05) is 34.6 Å². The van der Waals surface area contributed by atoms with Crippen molar-refractivity contribution >= 4 is 6.09 Å². The van der Waals surface area contributed by atoms with Crippen LogP contribution in [0, 0.1) is 0 Å². The van der Waals surface area contributed by atoms with Gasteiger partial charge >= 0.3 is 6.09 Å². The van der Waals surface area contributed by atoms with E-state index in [0.717, 1.165) is 6.42 Å². The topological polar surface area (TPSA) is 29.5 Å². The van der Waals surface area contributed by atoms with Gasteiger partial charge in [0, 0.05) is 12.6 Å². The molecule has 1 amide bonds. The molecule has 0 fully saturated rings. The molecule has 0 aliphatic rings. The quantitative estimate of drug-likeness (QED) is 0.671. The number of carbonyl (C=O) groups is 1. The Labute approximate surface area is 93.1 Å². The summed E-state index contributed by atoms with van der Waals surface area (Å²) in [5.74, 6) is 0. The van der Waals surface area contributed by atoms with Crippen molar-refractivity contribution in [2.45, 2.75) is 52.7 Å². The lowest BCUT2D eigenvalue weighted by Crippen LogP contribution is -2.41. The lowest BCUT2D eigenvalue weighted by atomic mass is 10.2. The number of nitrogens with zero attached hydrogens (tertiary/aromatic N) is 1. The van der Waals surface area contributed by atoms with E-state index in [1.165, 1.54) is 0 Å². The molecule has 1 unspecified atom stereocenters. The van der Waals surface area contributed by atoms with E-state index in [2.05, 4.69) is 6.58 Å². The van der Waals surface area contributed by atoms with E-state index in [-0.39, 0.29) is 12.1 Å². The van der Waals surface area contributed by atoms with E-state index in [1.54, 1.807) is 11.0 Å². The maximum Gasteiger partial charge on any atom is 0.410 e. The minimum Gasteiger partial charge on any atom is -0.444 e. The number of ether oxygens (including phenoxy) is 1. The van der Waals surface area contributed by atoms with E-state index < -0.39 is 5.60 Å². The first-order valence-corrected chi connectivity index (χ1v) is 5.42. The Balaban J connectivity index is 4.48. The maximum absolute atomic E-state index is 11.8. The van der Waals surface area contributed by atoms with E-state index >= 15 is 0 Å². The first-order valence-electron chi connectivity index (χ1n) is 5.42. The normalized spacial score (nSPS) is 13.1. The third-order valence-corrected chi connectivity index (χ3v) is 2.08. The molecule has 3 nitrogen and oxygen atoms in total. The molecule has 0 aromatic rings. The lowest BCUT2D eigenvalue weighted by molar-refractivity contribution is 0.0200. The molecule has 0 bridgehead atoms. The molecule has 0 saturated carbocycles. The van der Waals surface area contributed by atoms with Crippen LogP contribution in [-0.4, -0.2) is 29.2 Å². The first-order chi connectivity index (χ1) is 6.81. The van der Waals surface area contributed by atoms with Crippen molar-refractivity contribution in [1.82, 2.24) is 4.90 Å². The van der Waals surface area contributed by atoms with Gasteiger partial charge in [-0.3, -0.25) is 0 Å². The molecule has 0 saturated heterocycles. The lowest BCUT2D eigenvalue weighted by Gasteiger charge is -2.30. The summed E-state index contributed by atoms with van der Waals surface area (Å²) in [6.07, 6.45) is 2.36. The van der Waals surface area contributed by atoms with Crippen molar-refractivity contribution in [1.29, 1.82) is 0 Å². The summed E-state index contributed by atoms with van der Waals surface area (Å²) in [5.41, 5.74) is -0.441. The molecule has 15 heavy (non-hydrogen) atoms. The van der Waals surface area contributed by atoms with E-state index in [4.69, 9.17) is 4.74 Å². The SMILES string of the molecule is C=CCN(C(=O)OC(C)(C)C)C(C)CC. The fourth-order valence-electron chi connectivity index (χ4n) is 1.11. The van der Waals surface area contributed by atoms with Gasteiger partial charge in [0.1, 0.15) is 5.60 Å². The van der Waals surface area contributed by atoms with Crippen molar-refractivity contribution in [3.05, 3.63) is 12.7 Å². The van der Waals surface area contributed by atoms with Gasteiger partial charge in [0.05, 0.1) is 0 Å². The van der Waals surface area contributed by atoms with Crippen molar-refractivity contribution in [3.8, 4) is 0 Å². The Kier molecular flexibility index (Phi) is 5.40. The molecule has 0 aliphatic heterocycles. The van der Waals surface area contributed by atoms with Gasteiger partial charge in [0.25, 0.3) is 0 Å². The van der Waals surface area contributed by atoms with Crippen LogP contribution in [0.3, 0.4) is 0 Å². The minimum absolute atomic E-state index is 0.179. The third-order valence-electron chi connectivity index (χ3n) is 2.08. The van der Waals surface area contributed by atoms with Crippen molar-refractivity contribution in [3.63, 3.8) is 0 Å². The number of amides is 1. The molecule has 0 aliphatic carbocycles. The standard InChI is InChI=1S/C12H23NO2/c1-7-9-13(10(3)8-2)11(14)15-12(4,5)6/h7,10H,1,8-9H2,2-6H3. The van der Waals surface area contributed by atoms with Crippen LogP contribution in [0.1, 0.15) is 41.0 Å². The van der Waals surface area contributed by atoms with Crippen LogP contribution in [0.25, 0.3) is 0 Å². The van der Waals surface area contributed by atoms with Gasteiger partial charge in [-0.25, -0.2) is 4.79 Å². The average Bonchev–Trinajstić information content (AvgIpc) is 2.10. The average molecular weight is 213 g/mol. The molecule has 88 valence electrons. The second-order valence-electron chi connectivity index (χ2n) is 4.68. The fraction of sp³-hybridized carbons (Fsp3) is 0.750. The van der Waals surface area contributed by atoms with Crippen LogP contribution in [-0.2, 0) is 4.74 Å². The van der Waals surface area contributed by atoms with Crippen LogP contribution in [0.5, 0.6) is 0 Å². The van der Waals surface area contributed by atoms with Crippen LogP contribution in [0.15, 0.2) is 12.7 Å². The van der Waals surface area contributed by atoms with Crippen LogP contribution in [0.2, 0.25) is 0 Å². The Morgan fingerprint density at radius 1 is 1.53 bits per heavy atom. The molecule has 0 radical (unpaired) electrons. The van der Waals surface area contributed by atoms with Crippen LogP contribution >= 0.6 is 0 Å². The second kappa shape index (κ2) is 5.79. The monoisotopic (exact) mass is 213 g/mol. The van der Waals surface area contributed by atoms with Gasteiger partial charge < -0.3 is 9.64 Å². The molecule has 0 rings (SSSR count). The number of rotatable bonds is 4. The predicted molar refractivity (Wildman–Crippen MR) is 62.9 cm³/mol. The summed E-state index contributed by atoms with van der Waals surface area (Å²) in [5, 5.41) is 0. The summed E-state index contributed by atoms with van der Waals surface area (Å²) in [7, 11) is 0. The largest absolute Gasteiger partial charge is 0.444 e. The Morgan fingerprint density at radius 2 is 2.07 bits per heavy atom. The highest BCUT2D eigenvalue weighted by Crippen LogP contribution is 2.13. The van der Waals surface area contributed by atoms with E-state index in [9.17, 15) is 4.79 Å². The minimum atomic E-state index is -0.441. The molecule has 0 aromatic heterocycles. The van der Waals surface area contributed by atoms with Crippen LogP contribution in [0.4, 0.5) is 4.79 Å². The Morgan fingerprint density at radius 3 is 2.40 bits per heavy atom. The highest BCUT2D eigenvalue weighted by atomic mass is 16.6. The molecular formula is C12H23NO2. The van der Waals surface area contributed by atoms with Gasteiger partial charge in [-0.2, -0.15) is 0 Å². The van der Waals surface area contributed by atoms with Crippen molar-refractivity contribution in [2.24, 2.45) is 0 Å². The van der Waals surface area contributed by atoms with Crippen LogP contribution < -0.4 is 0 Å². The fourth-order valence-corrected chi connectivity index (χ4v) is 1.11. The second-order valence-corrected chi connectivity index (χ2v) is 4.68. The molecule has 0 aromatic carbocycles. The van der Waals surface area contributed by atoms with Gasteiger partial charge in [0.15, 0.2) is 0 Å². The smallest absolute Gasteiger partial charge is 0.410 e. The third kappa shape index (κ3) is 5.45. The molecule has 0 spiro atoms. The summed E-state index contributed by atoms with van der Waals surface area (Å²) < 4.78 is 5.31. The zero-order valence-corrected chi connectivity index (χ0v) is 10.5. The molecule has 0 heterocycles. The van der Waals surface area contributed by atoms with Gasteiger partial charge in [-0.05, 0) is 34.1 Å². The molecule has 1 atom stereocenters. The van der Waals surface area contributed by atoms with Crippen molar-refractivity contribution < 1.29 is 9.53 Å². The van der Waals surface area contributed by atoms with E-state index in [0.29, 0.717) is 6.54 Å². The summed E-state index contributed by atoms with van der Waals surface area (Å²) in [6, 6.07) is 0.179. The summed E-state index contributed by atoms with van der Waals surface area (Å²) in [4.78, 5) is 13.5. The molecule has 0 N–H and O–H groups in total. The Hall–Kier alpha value is -0.990. The highest BCUT2D eigenvalue weighted by molar-refractivity contribution is 5.68. The molecule has 3 heteroatoms. The Bertz CT molecular complexity index is 218. The number of hydrogen-bond acceptors (Lipinski definition) is 2. The predicted octanol–water partition coefficient (Wildman–Crippen LogP) is 3.21. The highest BCUT2D eigenvalue weighted by Gasteiger charge is 2.23.